The number of hydrogen-bond acceptors (Lipinski definition) is 4. The molecule has 3 heterocycles. The van der Waals surface area contributed by atoms with Crippen LogP contribution in [0.2, 0.25) is 0 Å². The molecule has 2 N–H and O–H groups in total. The molecular weight excluding hydrogens is 254 g/mol. The van der Waals surface area contributed by atoms with Crippen molar-refractivity contribution in [3.8, 4) is 11.5 Å². The maximum absolute atomic E-state index is 5.73. The summed E-state index contributed by atoms with van der Waals surface area (Å²) in [5, 5.41) is 3.42. The van der Waals surface area contributed by atoms with Gasteiger partial charge in [-0.05, 0) is 12.5 Å². The van der Waals surface area contributed by atoms with Gasteiger partial charge in [-0.2, -0.15) is 0 Å². The Morgan fingerprint density at radius 2 is 1.95 bits per heavy atom. The summed E-state index contributed by atoms with van der Waals surface area (Å²) in [5.74, 6) is 3.77. The second-order valence-corrected chi connectivity index (χ2v) is 5.73. The predicted molar refractivity (Wildman–Crippen MR) is 76.5 cm³/mol. The van der Waals surface area contributed by atoms with Crippen molar-refractivity contribution < 1.29 is 9.47 Å². The van der Waals surface area contributed by atoms with Crippen LogP contribution < -0.4 is 14.8 Å². The molecule has 1 saturated heterocycles. The van der Waals surface area contributed by atoms with Crippen LogP contribution in [0.1, 0.15) is 25.1 Å². The smallest absolute Gasteiger partial charge is 0.163 e. The zero-order valence-corrected chi connectivity index (χ0v) is 11.6. The molecule has 4 rings (SSSR count). The summed E-state index contributed by atoms with van der Waals surface area (Å²) < 4.78 is 11.4. The highest BCUT2D eigenvalue weighted by Crippen LogP contribution is 2.35. The molecule has 0 aliphatic carbocycles. The first kappa shape index (κ1) is 12.0. The molecule has 1 fully saturated rings. The topological polar surface area (TPSA) is 59.2 Å². The van der Waals surface area contributed by atoms with E-state index in [1.54, 1.807) is 0 Å². The number of aromatic nitrogens is 2. The van der Waals surface area contributed by atoms with Gasteiger partial charge in [-0.3, -0.25) is 0 Å². The second kappa shape index (κ2) is 4.66. The monoisotopic (exact) mass is 273 g/mol. The van der Waals surface area contributed by atoms with E-state index in [1.807, 2.05) is 12.1 Å². The summed E-state index contributed by atoms with van der Waals surface area (Å²) in [4.78, 5) is 8.20. The molecule has 2 aliphatic rings. The molecule has 1 aromatic carbocycles. The quantitative estimate of drug-likeness (QED) is 0.835. The van der Waals surface area contributed by atoms with Crippen molar-refractivity contribution in [2.24, 2.45) is 5.92 Å². The molecule has 2 aliphatic heterocycles. The van der Waals surface area contributed by atoms with Crippen molar-refractivity contribution in [2.75, 3.05) is 26.3 Å². The molecule has 0 bridgehead atoms. The average molecular weight is 273 g/mol. The zero-order chi connectivity index (χ0) is 13.5. The standard InChI is InChI=1S/C15H19N3O2/c1-9-7-16-8-10(9)15-17-11-5-13-14(6-12(11)18-15)20-4-2-3-19-13/h5-6,9-10,16H,2-4,7-8H2,1H3,(H,17,18). The molecule has 0 amide bonds. The number of hydrogen-bond donors (Lipinski definition) is 2. The van der Waals surface area contributed by atoms with E-state index in [0.717, 1.165) is 47.9 Å². The highest BCUT2D eigenvalue weighted by Gasteiger charge is 2.27. The molecule has 5 heteroatoms. The Balaban J connectivity index is 1.76. The van der Waals surface area contributed by atoms with Crippen LogP contribution in [-0.2, 0) is 0 Å². The van der Waals surface area contributed by atoms with Crippen LogP contribution in [0.15, 0.2) is 12.1 Å². The molecule has 2 unspecified atom stereocenters. The molecule has 0 radical (unpaired) electrons. The molecule has 0 saturated carbocycles. The molecular formula is C15H19N3O2. The minimum atomic E-state index is 0.462. The SMILES string of the molecule is CC1CNCC1c1nc2cc3c(cc2[nH]1)OCCCO3. The van der Waals surface area contributed by atoms with E-state index < -0.39 is 0 Å². The lowest BCUT2D eigenvalue weighted by atomic mass is 9.98. The Morgan fingerprint density at radius 3 is 2.70 bits per heavy atom. The van der Waals surface area contributed by atoms with Crippen LogP contribution in [-0.4, -0.2) is 36.3 Å². The number of H-pyrrole nitrogens is 1. The van der Waals surface area contributed by atoms with Crippen molar-refractivity contribution >= 4 is 11.0 Å². The molecule has 106 valence electrons. The zero-order valence-electron chi connectivity index (χ0n) is 11.6. The van der Waals surface area contributed by atoms with Gasteiger partial charge in [0.15, 0.2) is 11.5 Å². The van der Waals surface area contributed by atoms with Crippen molar-refractivity contribution in [1.29, 1.82) is 0 Å². The number of nitrogens with zero attached hydrogens (tertiary/aromatic N) is 1. The largest absolute Gasteiger partial charge is 0.489 e. The Hall–Kier alpha value is -1.75. The van der Waals surface area contributed by atoms with E-state index in [0.29, 0.717) is 25.0 Å². The van der Waals surface area contributed by atoms with Crippen molar-refractivity contribution in [3.63, 3.8) is 0 Å². The lowest BCUT2D eigenvalue weighted by Gasteiger charge is -2.09. The van der Waals surface area contributed by atoms with Crippen molar-refractivity contribution in [3.05, 3.63) is 18.0 Å². The first-order valence-electron chi connectivity index (χ1n) is 7.31. The summed E-state index contributed by atoms with van der Waals surface area (Å²) >= 11 is 0. The third-order valence-corrected chi connectivity index (χ3v) is 4.24. The second-order valence-electron chi connectivity index (χ2n) is 5.73. The van der Waals surface area contributed by atoms with Crippen molar-refractivity contribution in [1.82, 2.24) is 15.3 Å². The van der Waals surface area contributed by atoms with Gasteiger partial charge >= 0.3 is 0 Å². The number of ether oxygens (including phenoxy) is 2. The number of benzene rings is 1. The van der Waals surface area contributed by atoms with Gasteiger partial charge in [0.1, 0.15) is 5.82 Å². The molecule has 1 aromatic heterocycles. The van der Waals surface area contributed by atoms with Crippen LogP contribution >= 0.6 is 0 Å². The molecule has 5 nitrogen and oxygen atoms in total. The van der Waals surface area contributed by atoms with E-state index in [1.165, 1.54) is 0 Å². The van der Waals surface area contributed by atoms with Gasteiger partial charge in [0.05, 0.1) is 24.2 Å². The highest BCUT2D eigenvalue weighted by molar-refractivity contribution is 5.80. The normalized spacial score (nSPS) is 25.9. The van der Waals surface area contributed by atoms with Crippen LogP contribution in [0.5, 0.6) is 11.5 Å². The highest BCUT2D eigenvalue weighted by atomic mass is 16.5. The number of fused-ring (bicyclic) bond motifs is 2. The van der Waals surface area contributed by atoms with Crippen LogP contribution in [0.3, 0.4) is 0 Å². The van der Waals surface area contributed by atoms with E-state index >= 15 is 0 Å². The molecule has 2 atom stereocenters. The lowest BCUT2D eigenvalue weighted by molar-refractivity contribution is 0.297. The van der Waals surface area contributed by atoms with Gasteiger partial charge in [-0.1, -0.05) is 6.92 Å². The minimum Gasteiger partial charge on any atom is -0.489 e. The van der Waals surface area contributed by atoms with Gasteiger partial charge in [-0.15, -0.1) is 0 Å². The lowest BCUT2D eigenvalue weighted by Crippen LogP contribution is -2.09. The van der Waals surface area contributed by atoms with Gasteiger partial charge in [0.25, 0.3) is 0 Å². The summed E-state index contributed by atoms with van der Waals surface area (Å²) in [6, 6.07) is 4.00. The van der Waals surface area contributed by atoms with E-state index in [2.05, 4.69) is 17.2 Å². The molecule has 20 heavy (non-hydrogen) atoms. The number of imidazole rings is 1. The Morgan fingerprint density at radius 1 is 1.15 bits per heavy atom. The number of nitrogens with one attached hydrogen (secondary N) is 2. The summed E-state index contributed by atoms with van der Waals surface area (Å²) in [7, 11) is 0. The number of aromatic amines is 1. The van der Waals surface area contributed by atoms with Gasteiger partial charge in [0.2, 0.25) is 0 Å². The fraction of sp³-hybridized carbons (Fsp3) is 0.533. The van der Waals surface area contributed by atoms with Crippen LogP contribution in [0.25, 0.3) is 11.0 Å². The predicted octanol–water partition coefficient (Wildman–Crippen LogP) is 2.05. The fourth-order valence-corrected chi connectivity index (χ4v) is 3.04. The Labute approximate surface area is 117 Å². The Kier molecular flexibility index (Phi) is 2.80. The van der Waals surface area contributed by atoms with Gasteiger partial charge in [0, 0.05) is 31.0 Å². The van der Waals surface area contributed by atoms with E-state index in [4.69, 9.17) is 14.5 Å². The summed E-state index contributed by atoms with van der Waals surface area (Å²) in [5.41, 5.74) is 1.99. The summed E-state index contributed by atoms with van der Waals surface area (Å²) in [6.45, 7) is 5.74. The molecule has 2 aromatic rings. The first-order valence-corrected chi connectivity index (χ1v) is 7.31. The molecule has 0 spiro atoms. The van der Waals surface area contributed by atoms with Gasteiger partial charge in [-0.25, -0.2) is 4.98 Å². The Bertz CT molecular complexity index is 594. The fourth-order valence-electron chi connectivity index (χ4n) is 3.04. The minimum absolute atomic E-state index is 0.462. The maximum atomic E-state index is 5.73. The summed E-state index contributed by atoms with van der Waals surface area (Å²) in [6.07, 6.45) is 0.923. The third-order valence-electron chi connectivity index (χ3n) is 4.24. The van der Waals surface area contributed by atoms with E-state index in [-0.39, 0.29) is 0 Å². The van der Waals surface area contributed by atoms with Crippen LogP contribution in [0, 0.1) is 5.92 Å². The van der Waals surface area contributed by atoms with Crippen LogP contribution in [0.4, 0.5) is 0 Å². The average Bonchev–Trinajstić information content (AvgIpc) is 2.96. The van der Waals surface area contributed by atoms with Crippen molar-refractivity contribution in [2.45, 2.75) is 19.3 Å². The van der Waals surface area contributed by atoms with Gasteiger partial charge < -0.3 is 19.8 Å². The number of rotatable bonds is 1. The maximum Gasteiger partial charge on any atom is 0.163 e. The van der Waals surface area contributed by atoms with E-state index in [9.17, 15) is 0 Å². The first-order chi connectivity index (χ1) is 9.81. The third kappa shape index (κ3) is 1.93.